The number of rotatable bonds is 2. The Hall–Kier alpha value is -2.57. The summed E-state index contributed by atoms with van der Waals surface area (Å²) in [7, 11) is 0. The van der Waals surface area contributed by atoms with E-state index in [1.165, 1.54) is 4.57 Å². The molecule has 0 aliphatic carbocycles. The number of aromatic nitrogens is 2. The number of amidine groups is 1. The Bertz CT molecular complexity index is 781. The van der Waals surface area contributed by atoms with Crippen LogP contribution in [0.15, 0.2) is 45.0 Å². The van der Waals surface area contributed by atoms with Crippen LogP contribution in [0.3, 0.4) is 0 Å². The molecule has 3 N–H and O–H groups in total. The van der Waals surface area contributed by atoms with E-state index in [2.05, 4.69) is 30.4 Å². The summed E-state index contributed by atoms with van der Waals surface area (Å²) in [6, 6.07) is 0.456. The molecule has 7 heteroatoms. The lowest BCUT2D eigenvalue weighted by Crippen LogP contribution is -2.31. The molecule has 0 radical (unpaired) electrons. The Morgan fingerprint density at radius 2 is 1.75 bits per heavy atom. The first-order valence-electron chi connectivity index (χ1n) is 7.86. The van der Waals surface area contributed by atoms with Gasteiger partial charge in [0.15, 0.2) is 0 Å². The number of hydrogen-bond acceptors (Lipinski definition) is 5. The minimum absolute atomic E-state index is 0.0769. The number of nitrogens with one attached hydrogen (secondary N) is 1. The molecule has 0 atom stereocenters. The molecule has 0 saturated carbocycles. The van der Waals surface area contributed by atoms with Crippen LogP contribution < -0.4 is 17.0 Å². The fourth-order valence-electron chi connectivity index (χ4n) is 2.05. The second-order valence-corrected chi connectivity index (χ2v) is 6.30. The van der Waals surface area contributed by atoms with Crippen molar-refractivity contribution in [3.63, 3.8) is 0 Å². The second-order valence-electron chi connectivity index (χ2n) is 6.30. The minimum Gasteiger partial charge on any atom is -0.383 e. The van der Waals surface area contributed by atoms with Gasteiger partial charge in [0.1, 0.15) is 11.7 Å². The van der Waals surface area contributed by atoms with E-state index in [0.717, 1.165) is 5.57 Å². The van der Waals surface area contributed by atoms with Gasteiger partial charge in [0.05, 0.1) is 0 Å². The molecule has 7 nitrogen and oxygen atoms in total. The van der Waals surface area contributed by atoms with Crippen molar-refractivity contribution < 1.29 is 0 Å². The average molecular weight is 333 g/mol. The highest BCUT2D eigenvalue weighted by Gasteiger charge is 2.14. The Labute approximate surface area is 142 Å². The minimum atomic E-state index is -0.347. The molecule has 132 valence electrons. The van der Waals surface area contributed by atoms with E-state index in [4.69, 9.17) is 5.73 Å². The van der Waals surface area contributed by atoms with Crippen LogP contribution >= 0.6 is 0 Å². The van der Waals surface area contributed by atoms with Crippen molar-refractivity contribution in [2.45, 2.75) is 53.6 Å². The number of H-pyrrole nitrogens is 1. The maximum atomic E-state index is 11.1. The summed E-state index contributed by atoms with van der Waals surface area (Å²) in [5.41, 5.74) is 6.53. The quantitative estimate of drug-likeness (QED) is 0.863. The number of aliphatic imine (C=N–C) groups is 1. The Balaban J connectivity index is 0.000000240. The first-order chi connectivity index (χ1) is 11.0. The molecule has 2 heterocycles. The van der Waals surface area contributed by atoms with Gasteiger partial charge in [-0.15, -0.1) is 0 Å². The number of aromatic amines is 1. The molecule has 0 amide bonds. The molecule has 1 aliphatic rings. The van der Waals surface area contributed by atoms with Crippen molar-refractivity contribution in [2.24, 2.45) is 10.7 Å². The van der Waals surface area contributed by atoms with Crippen molar-refractivity contribution >= 4 is 5.84 Å². The predicted molar refractivity (Wildman–Crippen MR) is 97.9 cm³/mol. The zero-order valence-electron chi connectivity index (χ0n) is 15.3. The summed E-state index contributed by atoms with van der Waals surface area (Å²) in [6.45, 7) is 15.4. The van der Waals surface area contributed by atoms with Gasteiger partial charge in [-0.25, -0.2) is 9.79 Å². The van der Waals surface area contributed by atoms with Crippen molar-refractivity contribution in [3.8, 4) is 0 Å². The normalized spacial score (nSPS) is 14.3. The Morgan fingerprint density at radius 3 is 2.25 bits per heavy atom. The Kier molecular flexibility index (Phi) is 6.34. The van der Waals surface area contributed by atoms with Gasteiger partial charge in [-0.3, -0.25) is 14.3 Å². The molecule has 0 saturated heterocycles. The van der Waals surface area contributed by atoms with Gasteiger partial charge in [-0.2, -0.15) is 0 Å². The molecule has 0 spiro atoms. The van der Waals surface area contributed by atoms with E-state index in [0.29, 0.717) is 23.3 Å². The van der Waals surface area contributed by atoms with Gasteiger partial charge >= 0.3 is 5.69 Å². The van der Waals surface area contributed by atoms with Crippen LogP contribution in [0.2, 0.25) is 0 Å². The first kappa shape index (κ1) is 19.5. The van der Waals surface area contributed by atoms with Gasteiger partial charge in [-0.1, -0.05) is 6.58 Å². The third-order valence-electron chi connectivity index (χ3n) is 3.54. The average Bonchev–Trinajstić information content (AvgIpc) is 2.46. The summed E-state index contributed by atoms with van der Waals surface area (Å²) < 4.78 is 1.50. The van der Waals surface area contributed by atoms with Gasteiger partial charge in [-0.05, 0) is 41.5 Å². The monoisotopic (exact) mass is 333 g/mol. The summed E-state index contributed by atoms with van der Waals surface area (Å²) in [5, 5.41) is 0. The van der Waals surface area contributed by atoms with Crippen molar-refractivity contribution in [3.05, 3.63) is 56.8 Å². The van der Waals surface area contributed by atoms with Crippen LogP contribution in [-0.2, 0) is 0 Å². The summed E-state index contributed by atoms with van der Waals surface area (Å²) in [4.78, 5) is 30.5. The van der Waals surface area contributed by atoms with E-state index < -0.39 is 0 Å². The highest BCUT2D eigenvalue weighted by Crippen LogP contribution is 2.16. The van der Waals surface area contributed by atoms with E-state index >= 15 is 0 Å². The van der Waals surface area contributed by atoms with Gasteiger partial charge < -0.3 is 10.6 Å². The lowest BCUT2D eigenvalue weighted by molar-refractivity contribution is 0.377. The third kappa shape index (κ3) is 4.71. The molecule has 0 aromatic carbocycles. The van der Waals surface area contributed by atoms with E-state index in [1.54, 1.807) is 13.1 Å². The summed E-state index contributed by atoms with van der Waals surface area (Å²) >= 11 is 0. The number of hydrogen-bond donors (Lipinski definition) is 2. The zero-order chi connectivity index (χ0) is 18.6. The lowest BCUT2D eigenvalue weighted by Gasteiger charge is -2.28. The van der Waals surface area contributed by atoms with Crippen LogP contribution in [0.4, 0.5) is 0 Å². The fourth-order valence-corrected chi connectivity index (χ4v) is 2.05. The second kappa shape index (κ2) is 7.81. The number of nitrogens with two attached hydrogens (primary N) is 1. The largest absolute Gasteiger partial charge is 0.383 e. The smallest absolute Gasteiger partial charge is 0.328 e. The Morgan fingerprint density at radius 1 is 1.17 bits per heavy atom. The number of aryl methyl sites for hydroxylation is 1. The van der Waals surface area contributed by atoms with Crippen LogP contribution in [0.25, 0.3) is 0 Å². The summed E-state index contributed by atoms with van der Waals surface area (Å²) in [5.74, 6) is 1.28. The lowest BCUT2D eigenvalue weighted by atomic mass is 10.2. The van der Waals surface area contributed by atoms with Crippen LogP contribution in [-0.4, -0.2) is 26.3 Å². The molecule has 1 aliphatic heterocycles. The standard InChI is InChI=1S/C9H15N3.C8H12N2O2/c1-6(2)12-5-7(3)9(10)11-8(12)4;1-5(2)10-4-6(3)7(11)9-8(10)12/h5-6H,4H2,1-3H3,(H2,10,11);4-5H,1-3H3,(H,9,11,12). The van der Waals surface area contributed by atoms with E-state index in [-0.39, 0.29) is 17.3 Å². The van der Waals surface area contributed by atoms with E-state index in [9.17, 15) is 9.59 Å². The zero-order valence-corrected chi connectivity index (χ0v) is 15.3. The molecule has 24 heavy (non-hydrogen) atoms. The van der Waals surface area contributed by atoms with Crippen molar-refractivity contribution in [1.82, 2.24) is 14.5 Å². The SMILES string of the molecule is C=C1N=C(N)C(C)=CN1C(C)C.Cc1cn(C(C)C)c(=O)[nH]c1=O. The highest BCUT2D eigenvalue weighted by atomic mass is 16.2. The van der Waals surface area contributed by atoms with Crippen molar-refractivity contribution in [2.75, 3.05) is 0 Å². The van der Waals surface area contributed by atoms with E-state index in [1.807, 2.05) is 31.9 Å². The molecule has 1 aromatic rings. The molecule has 0 fully saturated rings. The van der Waals surface area contributed by atoms with Crippen LogP contribution in [0.1, 0.15) is 46.2 Å². The molecule has 1 aromatic heterocycles. The van der Waals surface area contributed by atoms with Crippen LogP contribution in [0.5, 0.6) is 0 Å². The molecule has 2 rings (SSSR count). The highest BCUT2D eigenvalue weighted by molar-refractivity contribution is 5.97. The van der Waals surface area contributed by atoms with Gasteiger partial charge in [0.2, 0.25) is 0 Å². The molecular formula is C17H27N5O2. The predicted octanol–water partition coefficient (Wildman–Crippen LogP) is 1.87. The number of nitrogens with zero attached hydrogens (tertiary/aromatic N) is 3. The third-order valence-corrected chi connectivity index (χ3v) is 3.54. The van der Waals surface area contributed by atoms with Gasteiger partial charge in [0, 0.05) is 35.6 Å². The molecule has 0 bridgehead atoms. The first-order valence-corrected chi connectivity index (χ1v) is 7.86. The van der Waals surface area contributed by atoms with Gasteiger partial charge in [0.25, 0.3) is 5.56 Å². The fraction of sp³-hybridized carbons (Fsp3) is 0.471. The van der Waals surface area contributed by atoms with Crippen LogP contribution in [0, 0.1) is 6.92 Å². The molecular weight excluding hydrogens is 306 g/mol. The maximum absolute atomic E-state index is 11.1. The van der Waals surface area contributed by atoms with Crippen molar-refractivity contribution in [1.29, 1.82) is 0 Å². The topological polar surface area (TPSA) is 96.5 Å². The summed E-state index contributed by atoms with van der Waals surface area (Å²) in [6.07, 6.45) is 3.56. The maximum Gasteiger partial charge on any atom is 0.328 e. The molecule has 0 unspecified atom stereocenters.